The maximum atomic E-state index is 13.7. The first-order valence-corrected chi connectivity index (χ1v) is 12.4. The molecule has 0 unspecified atom stereocenters. The fourth-order valence-corrected chi connectivity index (χ4v) is 5.20. The van der Waals surface area contributed by atoms with Crippen molar-refractivity contribution in [2.75, 3.05) is 5.32 Å². The van der Waals surface area contributed by atoms with Gasteiger partial charge in [-0.25, -0.2) is 13.8 Å². The van der Waals surface area contributed by atoms with E-state index in [1.165, 1.54) is 16.9 Å². The minimum Gasteiger partial charge on any atom is -0.365 e. The molecule has 4 aromatic heterocycles. The zero-order chi connectivity index (χ0) is 27.0. The van der Waals surface area contributed by atoms with E-state index in [1.807, 2.05) is 6.92 Å². The Hall–Kier alpha value is -3.79. The molecule has 0 saturated heterocycles. The number of aromatic nitrogens is 5. The lowest BCUT2D eigenvalue weighted by atomic mass is 10.0. The van der Waals surface area contributed by atoms with Crippen LogP contribution in [0, 0.1) is 17.0 Å². The van der Waals surface area contributed by atoms with Crippen LogP contribution in [0.3, 0.4) is 0 Å². The number of hydrogen-bond donors (Lipinski definition) is 2. The highest BCUT2D eigenvalue weighted by Gasteiger charge is 2.26. The van der Waals surface area contributed by atoms with Crippen LogP contribution < -0.4 is 11.1 Å². The van der Waals surface area contributed by atoms with E-state index in [0.29, 0.717) is 23.4 Å². The molecule has 194 valence electrons. The van der Waals surface area contributed by atoms with Crippen LogP contribution in [0.5, 0.6) is 0 Å². The Bertz CT molecular complexity index is 1550. The summed E-state index contributed by atoms with van der Waals surface area (Å²) in [4.78, 5) is 39.5. The number of anilines is 1. The summed E-state index contributed by atoms with van der Waals surface area (Å²) in [6.07, 6.45) is 0.0160. The van der Waals surface area contributed by atoms with Crippen LogP contribution >= 0.6 is 27.3 Å². The topological polar surface area (TPSA) is 164 Å². The molecule has 0 aliphatic rings. The number of nitro groups is 1. The monoisotopic (exact) mass is 596 g/mol. The quantitative estimate of drug-likeness (QED) is 0.213. The van der Waals surface area contributed by atoms with Crippen LogP contribution in [0.25, 0.3) is 21.3 Å². The van der Waals surface area contributed by atoms with Crippen molar-refractivity contribution in [3.8, 4) is 11.1 Å². The van der Waals surface area contributed by atoms with Crippen LogP contribution in [0.4, 0.5) is 20.3 Å². The van der Waals surface area contributed by atoms with E-state index in [9.17, 15) is 28.5 Å². The Morgan fingerprint density at radius 1 is 1.27 bits per heavy atom. The fourth-order valence-electron chi connectivity index (χ4n) is 3.72. The molecule has 0 atom stereocenters. The molecular weight excluding hydrogens is 578 g/mol. The van der Waals surface area contributed by atoms with E-state index in [-0.39, 0.29) is 38.2 Å². The third-order valence-electron chi connectivity index (χ3n) is 5.39. The zero-order valence-electron chi connectivity index (χ0n) is 19.4. The Balaban J connectivity index is 1.76. The SMILES string of the molecule is CCn1cc(-c2cc(C(F)F)nc3sc(C(N)=O)c(NC(=O)CCn4cc(Br)c([N+](=O)[O-])n4)c23)c(C)n1. The molecule has 0 aliphatic carbocycles. The van der Waals surface area contributed by atoms with Gasteiger partial charge in [-0.3, -0.25) is 14.3 Å². The second-order valence-corrected chi connectivity index (χ2v) is 9.70. The van der Waals surface area contributed by atoms with Gasteiger partial charge in [-0.1, -0.05) is 0 Å². The molecule has 4 heterocycles. The van der Waals surface area contributed by atoms with Crippen molar-refractivity contribution in [3.63, 3.8) is 0 Å². The van der Waals surface area contributed by atoms with Crippen LogP contribution in [0.15, 0.2) is 22.9 Å². The molecule has 4 rings (SSSR count). The normalized spacial score (nSPS) is 11.4. The molecule has 37 heavy (non-hydrogen) atoms. The van der Waals surface area contributed by atoms with E-state index in [0.717, 1.165) is 11.3 Å². The highest BCUT2D eigenvalue weighted by atomic mass is 79.9. The van der Waals surface area contributed by atoms with E-state index in [2.05, 4.69) is 36.4 Å². The average molecular weight is 597 g/mol. The van der Waals surface area contributed by atoms with Crippen molar-refractivity contribution < 1.29 is 23.3 Å². The fraction of sp³-hybridized carbons (Fsp3) is 0.286. The van der Waals surface area contributed by atoms with Gasteiger partial charge in [-0.2, -0.15) is 9.78 Å². The summed E-state index contributed by atoms with van der Waals surface area (Å²) in [6, 6.07) is 1.21. The molecule has 4 aromatic rings. The number of halogens is 3. The molecular formula is C21H19BrF2N8O4S. The van der Waals surface area contributed by atoms with Gasteiger partial charge in [0, 0.05) is 30.1 Å². The first-order valence-electron chi connectivity index (χ1n) is 10.8. The van der Waals surface area contributed by atoms with Gasteiger partial charge in [0.05, 0.1) is 29.2 Å². The van der Waals surface area contributed by atoms with E-state index in [1.54, 1.807) is 17.8 Å². The molecule has 0 radical (unpaired) electrons. The van der Waals surface area contributed by atoms with Gasteiger partial charge >= 0.3 is 5.82 Å². The van der Waals surface area contributed by atoms with Crippen LogP contribution in [-0.4, -0.2) is 41.3 Å². The van der Waals surface area contributed by atoms with Crippen molar-refractivity contribution >= 4 is 60.8 Å². The largest absolute Gasteiger partial charge is 0.404 e. The summed E-state index contributed by atoms with van der Waals surface area (Å²) in [5.41, 5.74) is 6.53. The first-order chi connectivity index (χ1) is 17.5. The number of carbonyl (C=O) groups is 2. The van der Waals surface area contributed by atoms with Crippen molar-refractivity contribution in [1.82, 2.24) is 24.5 Å². The minimum absolute atomic E-state index is 0.00470. The molecule has 12 nitrogen and oxygen atoms in total. The molecule has 0 saturated carbocycles. The van der Waals surface area contributed by atoms with E-state index < -0.39 is 34.7 Å². The van der Waals surface area contributed by atoms with Gasteiger partial charge in [-0.15, -0.1) is 11.3 Å². The molecule has 3 N–H and O–H groups in total. The number of primary amides is 1. The predicted octanol–water partition coefficient (Wildman–Crippen LogP) is 4.42. The maximum absolute atomic E-state index is 13.7. The Kier molecular flexibility index (Phi) is 7.31. The van der Waals surface area contributed by atoms with Crippen molar-refractivity contribution in [2.45, 2.75) is 39.8 Å². The molecule has 0 spiro atoms. The lowest BCUT2D eigenvalue weighted by molar-refractivity contribution is -0.390. The average Bonchev–Trinajstić information content (AvgIpc) is 3.51. The Morgan fingerprint density at radius 2 is 2.00 bits per heavy atom. The van der Waals surface area contributed by atoms with Gasteiger partial charge in [0.2, 0.25) is 5.91 Å². The maximum Gasteiger partial charge on any atom is 0.404 e. The number of rotatable bonds is 9. The van der Waals surface area contributed by atoms with Crippen molar-refractivity contribution in [2.24, 2.45) is 5.73 Å². The van der Waals surface area contributed by atoms with Gasteiger partial charge < -0.3 is 21.2 Å². The number of fused-ring (bicyclic) bond motifs is 1. The Labute approximate surface area is 219 Å². The standard InChI is InChI=1S/C21H19BrF2N8O4S/c1-3-30-7-11(9(2)28-30)10-6-13(18(23)24)26-21-15(10)16(17(37-21)19(25)34)27-14(33)4-5-31-8-12(22)20(29-31)32(35)36/h6-8,18H,3-5H2,1-2H3,(H2,25,34)(H,27,33). The number of amides is 2. The number of alkyl halides is 2. The van der Waals surface area contributed by atoms with E-state index >= 15 is 0 Å². The third kappa shape index (κ3) is 5.20. The summed E-state index contributed by atoms with van der Waals surface area (Å²) in [5, 5.41) is 22.1. The van der Waals surface area contributed by atoms with Crippen LogP contribution in [0.1, 0.15) is 40.8 Å². The molecule has 0 bridgehead atoms. The molecule has 0 fully saturated rings. The van der Waals surface area contributed by atoms with E-state index in [4.69, 9.17) is 5.73 Å². The van der Waals surface area contributed by atoms with Gasteiger partial charge in [-0.05, 0) is 46.3 Å². The summed E-state index contributed by atoms with van der Waals surface area (Å²) in [7, 11) is 0. The molecule has 0 aromatic carbocycles. The molecule has 0 aliphatic heterocycles. The predicted molar refractivity (Wildman–Crippen MR) is 135 cm³/mol. The summed E-state index contributed by atoms with van der Waals surface area (Å²) in [5.74, 6) is -1.81. The van der Waals surface area contributed by atoms with Crippen molar-refractivity contribution in [3.05, 3.63) is 49.3 Å². The number of thiophene rings is 1. The van der Waals surface area contributed by atoms with Gasteiger partial charge in [0.25, 0.3) is 12.3 Å². The number of aryl methyl sites for hydroxylation is 3. The lowest BCUT2D eigenvalue weighted by Crippen LogP contribution is -2.18. The third-order valence-corrected chi connectivity index (χ3v) is 7.05. The number of nitrogens with zero attached hydrogens (tertiary/aromatic N) is 6. The molecule has 16 heteroatoms. The second-order valence-electron chi connectivity index (χ2n) is 7.85. The molecule has 2 amide bonds. The zero-order valence-corrected chi connectivity index (χ0v) is 21.8. The summed E-state index contributed by atoms with van der Waals surface area (Å²) >= 11 is 3.84. The number of carbonyl (C=O) groups excluding carboxylic acids is 2. The first kappa shape index (κ1) is 26.3. The number of hydrogen-bond acceptors (Lipinski definition) is 8. The van der Waals surface area contributed by atoms with Gasteiger partial charge in [0.15, 0.2) is 0 Å². The van der Waals surface area contributed by atoms with Crippen molar-refractivity contribution in [1.29, 1.82) is 0 Å². The minimum atomic E-state index is -2.88. The number of nitrogens with one attached hydrogen (secondary N) is 1. The lowest BCUT2D eigenvalue weighted by Gasteiger charge is -2.10. The second kappa shape index (κ2) is 10.3. The summed E-state index contributed by atoms with van der Waals surface area (Å²) in [6.45, 7) is 4.13. The summed E-state index contributed by atoms with van der Waals surface area (Å²) < 4.78 is 30.4. The Morgan fingerprint density at radius 3 is 2.57 bits per heavy atom. The number of pyridine rings is 1. The highest BCUT2D eigenvalue weighted by Crippen LogP contribution is 2.43. The van der Waals surface area contributed by atoms with Crippen LogP contribution in [-0.2, 0) is 17.9 Å². The van der Waals surface area contributed by atoms with Gasteiger partial charge in [0.1, 0.15) is 19.9 Å². The number of nitrogens with two attached hydrogens (primary N) is 1. The highest BCUT2D eigenvalue weighted by molar-refractivity contribution is 9.10. The van der Waals surface area contributed by atoms with Crippen LogP contribution in [0.2, 0.25) is 0 Å². The smallest absolute Gasteiger partial charge is 0.365 e.